The Morgan fingerprint density at radius 1 is 1.11 bits per heavy atom. The van der Waals surface area contributed by atoms with Gasteiger partial charge in [-0.05, 0) is 37.6 Å². The van der Waals surface area contributed by atoms with E-state index in [1.807, 2.05) is 18.2 Å². The predicted octanol–water partition coefficient (Wildman–Crippen LogP) is 3.29. The minimum atomic E-state index is -3.73. The summed E-state index contributed by atoms with van der Waals surface area (Å²) in [5.74, 6) is -0.542. The smallest absolute Gasteiger partial charge is 0.240 e. The lowest BCUT2D eigenvalue weighted by Crippen LogP contribution is -2.40. The van der Waals surface area contributed by atoms with Gasteiger partial charge in [-0.15, -0.1) is 12.4 Å². The molecular formula is C20H23ClFN3O2S. The molecule has 2 aromatic carbocycles. The summed E-state index contributed by atoms with van der Waals surface area (Å²) in [7, 11) is -3.73. The highest BCUT2D eigenvalue weighted by Gasteiger charge is 2.18. The van der Waals surface area contributed by atoms with E-state index >= 15 is 0 Å². The molecule has 0 unspecified atom stereocenters. The lowest BCUT2D eigenvalue weighted by Gasteiger charge is -2.15. The quantitative estimate of drug-likeness (QED) is 0.545. The SMILES string of the molecule is C[C@H](CNCCc1ccccc1)NS(=O)(=O)c1ccc2cncc(F)c2c1.Cl. The molecule has 3 aromatic rings. The van der Waals surface area contributed by atoms with E-state index < -0.39 is 15.8 Å². The largest absolute Gasteiger partial charge is 0.315 e. The van der Waals surface area contributed by atoms with Crippen LogP contribution in [0, 0.1) is 5.82 Å². The van der Waals surface area contributed by atoms with Crippen molar-refractivity contribution in [3.8, 4) is 0 Å². The molecule has 0 aliphatic heterocycles. The van der Waals surface area contributed by atoms with Gasteiger partial charge in [-0.3, -0.25) is 4.98 Å². The molecule has 2 N–H and O–H groups in total. The first-order chi connectivity index (χ1) is 13.0. The normalized spacial score (nSPS) is 12.5. The Labute approximate surface area is 170 Å². The van der Waals surface area contributed by atoms with Gasteiger partial charge >= 0.3 is 0 Å². The number of benzene rings is 2. The number of pyridine rings is 1. The Hall–Kier alpha value is -2.06. The fourth-order valence-corrected chi connectivity index (χ4v) is 4.11. The molecule has 0 spiro atoms. The summed E-state index contributed by atoms with van der Waals surface area (Å²) in [6.07, 6.45) is 3.45. The summed E-state index contributed by atoms with van der Waals surface area (Å²) in [5, 5.41) is 4.05. The number of hydrogen-bond donors (Lipinski definition) is 2. The van der Waals surface area contributed by atoms with Gasteiger partial charge in [0.05, 0.1) is 11.1 Å². The van der Waals surface area contributed by atoms with E-state index in [0.29, 0.717) is 11.9 Å². The van der Waals surface area contributed by atoms with Gasteiger partial charge in [0.25, 0.3) is 0 Å². The van der Waals surface area contributed by atoms with E-state index in [1.165, 1.54) is 23.9 Å². The second-order valence-electron chi connectivity index (χ2n) is 6.47. The summed E-state index contributed by atoms with van der Waals surface area (Å²) in [4.78, 5) is 3.81. The summed E-state index contributed by atoms with van der Waals surface area (Å²) in [6.45, 7) is 3.04. The molecule has 1 aromatic heterocycles. The average Bonchev–Trinajstić information content (AvgIpc) is 2.66. The molecule has 150 valence electrons. The summed E-state index contributed by atoms with van der Waals surface area (Å²) in [6, 6.07) is 14.1. The van der Waals surface area contributed by atoms with E-state index in [0.717, 1.165) is 19.2 Å². The van der Waals surface area contributed by atoms with Crippen LogP contribution in [0.15, 0.2) is 65.8 Å². The number of sulfonamides is 1. The molecule has 0 amide bonds. The van der Waals surface area contributed by atoms with Crippen LogP contribution in [0.3, 0.4) is 0 Å². The van der Waals surface area contributed by atoms with E-state index in [4.69, 9.17) is 0 Å². The third kappa shape index (κ3) is 5.72. The maximum absolute atomic E-state index is 13.9. The van der Waals surface area contributed by atoms with Crippen LogP contribution < -0.4 is 10.0 Å². The van der Waals surface area contributed by atoms with E-state index in [9.17, 15) is 12.8 Å². The standard InChI is InChI=1S/C20H22FN3O2S.ClH/c1-15(12-22-10-9-16-5-3-2-4-6-16)24-27(25,26)18-8-7-17-13-23-14-20(21)19(17)11-18;/h2-8,11,13-15,22,24H,9-10,12H2,1H3;1H/t15-;/m1./s1. The van der Waals surface area contributed by atoms with Crippen molar-refractivity contribution in [3.05, 3.63) is 72.3 Å². The molecule has 0 bridgehead atoms. The number of rotatable bonds is 8. The molecule has 0 aliphatic carbocycles. The van der Waals surface area contributed by atoms with Crippen molar-refractivity contribution in [3.63, 3.8) is 0 Å². The second-order valence-corrected chi connectivity index (χ2v) is 8.18. The number of aromatic nitrogens is 1. The number of hydrogen-bond acceptors (Lipinski definition) is 4. The molecule has 1 heterocycles. The highest BCUT2D eigenvalue weighted by Crippen LogP contribution is 2.20. The Morgan fingerprint density at radius 2 is 1.86 bits per heavy atom. The third-order valence-corrected chi connectivity index (χ3v) is 5.82. The van der Waals surface area contributed by atoms with Crippen molar-refractivity contribution < 1.29 is 12.8 Å². The molecule has 3 rings (SSSR count). The molecule has 5 nitrogen and oxygen atoms in total. The van der Waals surface area contributed by atoms with E-state index in [1.54, 1.807) is 13.0 Å². The molecule has 8 heteroatoms. The average molecular weight is 424 g/mol. The van der Waals surface area contributed by atoms with Crippen molar-refractivity contribution in [1.29, 1.82) is 0 Å². The van der Waals surface area contributed by atoms with Crippen LogP contribution in [-0.2, 0) is 16.4 Å². The molecule has 0 saturated heterocycles. The van der Waals surface area contributed by atoms with Crippen LogP contribution in [0.25, 0.3) is 10.8 Å². The van der Waals surface area contributed by atoms with Gasteiger partial charge in [0, 0.05) is 29.6 Å². The Balaban J connectivity index is 0.00000280. The fraction of sp³-hybridized carbons (Fsp3) is 0.250. The monoisotopic (exact) mass is 423 g/mol. The number of halogens is 2. The first-order valence-electron chi connectivity index (χ1n) is 8.76. The van der Waals surface area contributed by atoms with Gasteiger partial charge < -0.3 is 5.32 Å². The topological polar surface area (TPSA) is 71.1 Å². The highest BCUT2D eigenvalue weighted by atomic mass is 35.5. The minimum absolute atomic E-state index is 0. The fourth-order valence-electron chi connectivity index (χ4n) is 2.85. The number of nitrogens with zero attached hydrogens (tertiary/aromatic N) is 1. The molecule has 1 atom stereocenters. The molecule has 0 radical (unpaired) electrons. The van der Waals surface area contributed by atoms with Crippen LogP contribution >= 0.6 is 12.4 Å². The number of fused-ring (bicyclic) bond motifs is 1. The van der Waals surface area contributed by atoms with E-state index in [-0.39, 0.29) is 28.7 Å². The van der Waals surface area contributed by atoms with Crippen molar-refractivity contribution in [2.45, 2.75) is 24.3 Å². The second kappa shape index (κ2) is 9.93. The first-order valence-corrected chi connectivity index (χ1v) is 10.2. The zero-order valence-electron chi connectivity index (χ0n) is 15.4. The van der Waals surface area contributed by atoms with E-state index in [2.05, 4.69) is 27.2 Å². The van der Waals surface area contributed by atoms with Crippen molar-refractivity contribution in [1.82, 2.24) is 15.0 Å². The number of nitrogens with one attached hydrogen (secondary N) is 2. The Morgan fingerprint density at radius 3 is 2.61 bits per heavy atom. The third-order valence-electron chi connectivity index (χ3n) is 4.23. The van der Waals surface area contributed by atoms with Crippen LogP contribution in [-0.4, -0.2) is 32.5 Å². The van der Waals surface area contributed by atoms with Crippen molar-refractivity contribution in [2.75, 3.05) is 13.1 Å². The lowest BCUT2D eigenvalue weighted by atomic mass is 10.1. The zero-order valence-corrected chi connectivity index (χ0v) is 17.1. The molecule has 28 heavy (non-hydrogen) atoms. The summed E-state index contributed by atoms with van der Waals surface area (Å²) in [5.41, 5.74) is 1.23. The molecular weight excluding hydrogens is 401 g/mol. The van der Waals surface area contributed by atoms with Gasteiger partial charge in [0.1, 0.15) is 5.82 Å². The van der Waals surface area contributed by atoms with Gasteiger partial charge in [-0.2, -0.15) is 0 Å². The van der Waals surface area contributed by atoms with Crippen molar-refractivity contribution >= 4 is 33.2 Å². The zero-order chi connectivity index (χ0) is 19.3. The van der Waals surface area contributed by atoms with Crippen LogP contribution in [0.1, 0.15) is 12.5 Å². The van der Waals surface area contributed by atoms with Crippen molar-refractivity contribution in [2.24, 2.45) is 0 Å². The molecule has 0 saturated carbocycles. The predicted molar refractivity (Wildman–Crippen MR) is 112 cm³/mol. The van der Waals surface area contributed by atoms with Gasteiger partial charge in [-0.1, -0.05) is 36.4 Å². The van der Waals surface area contributed by atoms with Gasteiger partial charge in [-0.25, -0.2) is 17.5 Å². The Kier molecular flexibility index (Phi) is 7.88. The minimum Gasteiger partial charge on any atom is -0.315 e. The summed E-state index contributed by atoms with van der Waals surface area (Å²) < 4.78 is 41.7. The highest BCUT2D eigenvalue weighted by molar-refractivity contribution is 7.89. The van der Waals surface area contributed by atoms with Crippen LogP contribution in [0.2, 0.25) is 0 Å². The van der Waals surface area contributed by atoms with Crippen LogP contribution in [0.4, 0.5) is 4.39 Å². The molecule has 0 aliphatic rings. The lowest BCUT2D eigenvalue weighted by molar-refractivity contribution is 0.537. The molecule has 0 fully saturated rings. The van der Waals surface area contributed by atoms with Crippen LogP contribution in [0.5, 0.6) is 0 Å². The Bertz CT molecular complexity index is 1020. The first kappa shape index (κ1) is 22.2. The summed E-state index contributed by atoms with van der Waals surface area (Å²) >= 11 is 0. The van der Waals surface area contributed by atoms with Gasteiger partial charge in [0.2, 0.25) is 10.0 Å². The maximum Gasteiger partial charge on any atom is 0.240 e. The maximum atomic E-state index is 13.9. The van der Waals surface area contributed by atoms with Gasteiger partial charge in [0.15, 0.2) is 0 Å².